The summed E-state index contributed by atoms with van der Waals surface area (Å²) < 4.78 is 0. The largest absolute Gasteiger partial charge is 0.311 e. The van der Waals surface area contributed by atoms with E-state index in [1.54, 1.807) is 19.3 Å². The maximum atomic E-state index is 4.00. The van der Waals surface area contributed by atoms with Crippen molar-refractivity contribution in [2.24, 2.45) is 23.7 Å². The van der Waals surface area contributed by atoms with Gasteiger partial charge in [0, 0.05) is 5.54 Å². The normalized spacial score (nSPS) is 49.9. The van der Waals surface area contributed by atoms with Crippen LogP contribution in [-0.2, 0) is 0 Å². The van der Waals surface area contributed by atoms with E-state index in [0.717, 1.165) is 23.7 Å². The second-order valence-electron chi connectivity index (χ2n) is 7.36. The fraction of sp³-hybridized carbons (Fsp3) is 1.00. The average molecular weight is 219 g/mol. The van der Waals surface area contributed by atoms with Crippen LogP contribution < -0.4 is 5.32 Å². The van der Waals surface area contributed by atoms with Crippen molar-refractivity contribution in [1.82, 2.24) is 5.32 Å². The van der Waals surface area contributed by atoms with Gasteiger partial charge >= 0.3 is 0 Å². The van der Waals surface area contributed by atoms with Gasteiger partial charge in [-0.3, -0.25) is 0 Å². The molecule has 5 aliphatic carbocycles. The molecule has 4 bridgehead atoms. The van der Waals surface area contributed by atoms with Gasteiger partial charge in [-0.1, -0.05) is 12.8 Å². The van der Waals surface area contributed by atoms with E-state index in [9.17, 15) is 0 Å². The van der Waals surface area contributed by atoms with E-state index >= 15 is 0 Å². The number of hydrogen-bond acceptors (Lipinski definition) is 1. The smallest absolute Gasteiger partial charge is 0.0189 e. The van der Waals surface area contributed by atoms with E-state index in [-0.39, 0.29) is 0 Å². The van der Waals surface area contributed by atoms with Crippen molar-refractivity contribution in [3.05, 3.63) is 0 Å². The maximum absolute atomic E-state index is 4.00. The molecule has 0 aliphatic heterocycles. The molecule has 16 heavy (non-hydrogen) atoms. The van der Waals surface area contributed by atoms with Crippen LogP contribution in [0.15, 0.2) is 0 Å². The van der Waals surface area contributed by atoms with Gasteiger partial charge < -0.3 is 5.32 Å². The fourth-order valence-corrected chi connectivity index (χ4v) is 5.28. The highest BCUT2D eigenvalue weighted by Crippen LogP contribution is 2.55. The molecule has 5 rings (SSSR count). The molecular formula is C15H25N. The number of rotatable bonds is 4. The molecule has 0 aromatic carbocycles. The first-order chi connectivity index (χ1) is 7.81. The summed E-state index contributed by atoms with van der Waals surface area (Å²) >= 11 is 0. The zero-order chi connectivity index (χ0) is 10.6. The second kappa shape index (κ2) is 3.48. The summed E-state index contributed by atoms with van der Waals surface area (Å²) in [7, 11) is 0. The van der Waals surface area contributed by atoms with Crippen LogP contribution >= 0.6 is 0 Å². The lowest BCUT2D eigenvalue weighted by Gasteiger charge is -2.57. The van der Waals surface area contributed by atoms with Gasteiger partial charge in [0.15, 0.2) is 0 Å². The molecule has 0 aromatic rings. The predicted octanol–water partition coefficient (Wildman–Crippen LogP) is 3.34. The summed E-state index contributed by atoms with van der Waals surface area (Å²) in [6.45, 7) is 1.32. The Bertz CT molecular complexity index is 244. The molecule has 5 fully saturated rings. The third kappa shape index (κ3) is 1.72. The molecule has 0 radical (unpaired) electrons. The molecule has 1 heteroatoms. The molecule has 5 aliphatic rings. The van der Waals surface area contributed by atoms with Crippen LogP contribution in [0.4, 0.5) is 0 Å². The van der Waals surface area contributed by atoms with Crippen LogP contribution in [0.3, 0.4) is 0 Å². The van der Waals surface area contributed by atoms with Gasteiger partial charge in [0.05, 0.1) is 0 Å². The molecule has 0 spiro atoms. The third-order valence-electron chi connectivity index (χ3n) is 5.79. The van der Waals surface area contributed by atoms with Crippen molar-refractivity contribution in [1.29, 1.82) is 0 Å². The lowest BCUT2D eigenvalue weighted by Crippen LogP contribution is -2.58. The van der Waals surface area contributed by atoms with Crippen LogP contribution in [0, 0.1) is 23.7 Å². The van der Waals surface area contributed by atoms with E-state index < -0.39 is 0 Å². The first kappa shape index (κ1) is 9.94. The number of hydrogen-bond donors (Lipinski definition) is 1. The monoisotopic (exact) mass is 219 g/mol. The van der Waals surface area contributed by atoms with Gasteiger partial charge in [-0.2, -0.15) is 0 Å². The number of nitrogens with one attached hydrogen (secondary N) is 1. The fourth-order valence-electron chi connectivity index (χ4n) is 5.28. The van der Waals surface area contributed by atoms with Crippen LogP contribution in [0.5, 0.6) is 0 Å². The summed E-state index contributed by atoms with van der Waals surface area (Å²) in [5.74, 6) is 4.39. The molecule has 90 valence electrons. The van der Waals surface area contributed by atoms with E-state index in [1.165, 1.54) is 45.1 Å². The molecule has 1 nitrogen and oxygen atoms in total. The van der Waals surface area contributed by atoms with Gasteiger partial charge in [-0.15, -0.1) is 0 Å². The molecule has 0 heterocycles. The summed E-state index contributed by atoms with van der Waals surface area (Å²) in [6, 6.07) is 0. The highest BCUT2D eigenvalue weighted by Gasteiger charge is 2.50. The topological polar surface area (TPSA) is 12.0 Å². The zero-order valence-corrected chi connectivity index (χ0v) is 10.4. The minimum atomic E-state index is 0.615. The Labute approximate surface area is 99.4 Å². The van der Waals surface area contributed by atoms with Crippen molar-refractivity contribution in [3.8, 4) is 0 Å². The van der Waals surface area contributed by atoms with E-state index in [2.05, 4.69) is 5.32 Å². The third-order valence-corrected chi connectivity index (χ3v) is 5.79. The Balaban J connectivity index is 1.40. The van der Waals surface area contributed by atoms with Crippen LogP contribution in [0.1, 0.15) is 57.8 Å². The second-order valence-corrected chi connectivity index (χ2v) is 7.36. The van der Waals surface area contributed by atoms with Crippen molar-refractivity contribution >= 4 is 0 Å². The molecule has 1 N–H and O–H groups in total. The lowest BCUT2D eigenvalue weighted by atomic mass is 9.53. The molecule has 0 atom stereocenters. The van der Waals surface area contributed by atoms with Crippen molar-refractivity contribution < 1.29 is 0 Å². The molecular weight excluding hydrogens is 194 g/mol. The van der Waals surface area contributed by atoms with Gasteiger partial charge in [0.2, 0.25) is 0 Å². The van der Waals surface area contributed by atoms with Crippen LogP contribution in [-0.4, -0.2) is 12.1 Å². The van der Waals surface area contributed by atoms with Crippen LogP contribution in [0.2, 0.25) is 0 Å². The van der Waals surface area contributed by atoms with Crippen LogP contribution in [0.25, 0.3) is 0 Å². The van der Waals surface area contributed by atoms with E-state index in [0.29, 0.717) is 5.54 Å². The van der Waals surface area contributed by atoms with E-state index in [1.807, 2.05) is 0 Å². The Hall–Kier alpha value is -0.0400. The molecule has 0 saturated heterocycles. The highest BCUT2D eigenvalue weighted by atomic mass is 15.0. The summed E-state index contributed by atoms with van der Waals surface area (Å²) in [5, 5.41) is 4.00. The summed E-state index contributed by atoms with van der Waals surface area (Å²) in [6.07, 6.45) is 13.8. The van der Waals surface area contributed by atoms with Gasteiger partial charge in [0.1, 0.15) is 0 Å². The minimum Gasteiger partial charge on any atom is -0.311 e. The van der Waals surface area contributed by atoms with Gasteiger partial charge in [-0.05, 0) is 75.2 Å². The van der Waals surface area contributed by atoms with Gasteiger partial charge in [0.25, 0.3) is 0 Å². The van der Waals surface area contributed by atoms with Gasteiger partial charge in [-0.25, -0.2) is 0 Å². The summed E-state index contributed by atoms with van der Waals surface area (Å²) in [4.78, 5) is 0. The standard InChI is InChI=1S/C15H25N/c1-2-11(1)3-4-16-15-8-12-5-13(9-15)7-14(6-12)10-15/h11-14,16H,1-10H2. The van der Waals surface area contributed by atoms with Crippen molar-refractivity contribution in [3.63, 3.8) is 0 Å². The quantitative estimate of drug-likeness (QED) is 0.764. The average Bonchev–Trinajstić information content (AvgIpc) is 2.98. The maximum Gasteiger partial charge on any atom is 0.0189 e. The van der Waals surface area contributed by atoms with Crippen molar-refractivity contribution in [2.75, 3.05) is 6.54 Å². The van der Waals surface area contributed by atoms with E-state index in [4.69, 9.17) is 0 Å². The lowest BCUT2D eigenvalue weighted by molar-refractivity contribution is -0.0197. The Morgan fingerprint density at radius 3 is 1.94 bits per heavy atom. The van der Waals surface area contributed by atoms with Crippen molar-refractivity contribution in [2.45, 2.75) is 63.3 Å². The molecule has 0 amide bonds. The Kier molecular flexibility index (Phi) is 2.16. The predicted molar refractivity (Wildman–Crippen MR) is 66.2 cm³/mol. The SMILES string of the molecule is C(CC1CC1)NC12CC3CC(CC(C3)C1)C2. The first-order valence-corrected chi connectivity index (χ1v) is 7.56. The Morgan fingerprint density at radius 2 is 1.44 bits per heavy atom. The molecule has 0 unspecified atom stereocenters. The summed E-state index contributed by atoms with van der Waals surface area (Å²) in [5.41, 5.74) is 0.615. The Morgan fingerprint density at radius 1 is 0.875 bits per heavy atom. The molecule has 0 aromatic heterocycles. The minimum absolute atomic E-state index is 0.615. The highest BCUT2D eigenvalue weighted by molar-refractivity contribution is 5.06. The first-order valence-electron chi connectivity index (χ1n) is 7.56. The zero-order valence-electron chi connectivity index (χ0n) is 10.4. The molecule has 5 saturated carbocycles.